The predicted octanol–water partition coefficient (Wildman–Crippen LogP) is 5.47. The highest BCUT2D eigenvalue weighted by atomic mass is 32.1. The first kappa shape index (κ1) is 641. The van der Waals surface area contributed by atoms with Crippen molar-refractivity contribution in [3.63, 3.8) is 0 Å². The zero-order chi connectivity index (χ0) is 0. The molecular weight excluding hydrogens is 341 g/mol. The average molecular weight is 386 g/mol. The summed E-state index contributed by atoms with van der Waals surface area (Å²) < 4.78 is 0. The second-order valence-corrected chi connectivity index (χ2v) is 0. The Labute approximate surface area is 160 Å². The molecule has 0 aliphatic rings. The molecule has 0 unspecified atom stereocenters. The van der Waals surface area contributed by atoms with Crippen LogP contribution in [0.3, 0.4) is 0 Å². The first-order valence-corrected chi connectivity index (χ1v) is 0. The molecule has 0 radical (unpaired) electrons. The lowest BCUT2D eigenvalue weighted by molar-refractivity contribution is 2.50. The first-order valence-electron chi connectivity index (χ1n) is 0. The summed E-state index contributed by atoms with van der Waals surface area (Å²) in [5.74, 6) is 0. The summed E-state index contributed by atoms with van der Waals surface area (Å²) in [7, 11) is 0. The Morgan fingerprint density at radius 1 is 0.200 bits per heavy atom. The summed E-state index contributed by atoms with van der Waals surface area (Å²) in [4.78, 5) is 0. The molecule has 0 N–H and O–H groups in total. The van der Waals surface area contributed by atoms with Crippen molar-refractivity contribution < 1.29 is 1.43 Å². The molecule has 120 valence electrons. The van der Waals surface area contributed by atoms with E-state index in [1.807, 2.05) is 0 Å². The molecule has 0 nitrogen and oxygen atoms in total. The molecule has 0 spiro atoms. The number of hydrogen-bond acceptors (Lipinski definition) is 0. The largest absolute Gasteiger partial charge is 1.00 e. The Balaban J connectivity index is 0. The number of hydrogen-bond donors (Lipinski definition) is 0. The van der Waals surface area contributed by atoms with Crippen LogP contribution in [0.4, 0.5) is 0 Å². The van der Waals surface area contributed by atoms with Crippen LogP contribution in [0.25, 0.3) is 0 Å². The maximum absolute atomic E-state index is 0. The normalized spacial score (nSPS) is 0. The van der Waals surface area contributed by atoms with Gasteiger partial charge in [0, 0.05) is 0 Å². The minimum atomic E-state index is 0. The van der Waals surface area contributed by atoms with Crippen LogP contribution >= 0.6 is 108 Å². The fourth-order valence-corrected chi connectivity index (χ4v) is 0. The van der Waals surface area contributed by atoms with E-state index in [1.165, 1.54) is 0 Å². The van der Waals surface area contributed by atoms with E-state index >= 15 is 0 Å². The van der Waals surface area contributed by atoms with Crippen LogP contribution in [0, 0.1) is 0 Å². The fraction of sp³-hybridized carbons (Fsp3) is 1.00. The van der Waals surface area contributed by atoms with Crippen LogP contribution < -0.4 is 0 Å². The molecule has 0 bridgehead atoms. The van der Waals surface area contributed by atoms with Crippen LogP contribution in [-0.2, 0) is 0 Å². The summed E-state index contributed by atoms with van der Waals surface area (Å²) in [6.45, 7) is 0. The second-order valence-electron chi connectivity index (χ2n) is 0. The van der Waals surface area contributed by atoms with Gasteiger partial charge in [-0.3, -0.25) is 0 Å². The molecule has 0 saturated heterocycles. The van der Waals surface area contributed by atoms with E-state index in [9.17, 15) is 0 Å². The second kappa shape index (κ2) is 535. The summed E-state index contributed by atoms with van der Waals surface area (Å²) in [6, 6.07) is 0. The van der Waals surface area contributed by atoms with Gasteiger partial charge in [-0.25, -0.2) is 0 Å². The van der Waals surface area contributed by atoms with Crippen LogP contribution in [0.1, 0.15) is 53.4 Å². The summed E-state index contributed by atoms with van der Waals surface area (Å²) in [5.41, 5.74) is 0. The third kappa shape index (κ3) is 469. The van der Waals surface area contributed by atoms with E-state index in [-0.39, 0.29) is 161 Å². The Bertz CT molecular complexity index is 20.3. The molecule has 0 aromatic rings. The molecule has 0 amide bonds. The van der Waals surface area contributed by atoms with E-state index in [1.54, 1.807) is 0 Å². The van der Waals surface area contributed by atoms with E-state index in [4.69, 9.17) is 0 Å². The minimum absolute atomic E-state index is 0. The van der Waals surface area contributed by atoms with Crippen molar-refractivity contribution >= 4 is 108 Å². The molecule has 15 heavy (non-hydrogen) atoms. The van der Waals surface area contributed by atoms with E-state index in [2.05, 4.69) is 0 Å². The van der Waals surface area contributed by atoms with Gasteiger partial charge >= 0.3 is 1.43 Å². The van der Waals surface area contributed by atoms with Gasteiger partial charge in [0.15, 0.2) is 0 Å². The molecular formula is C7H45S8+. The zero-order valence-electron chi connectivity index (χ0n) is 5.00. The Kier molecular flexibility index (Phi) is 22900. The van der Waals surface area contributed by atoms with Crippen LogP contribution in [-0.4, -0.2) is 0 Å². The third-order valence-corrected chi connectivity index (χ3v) is 0. The van der Waals surface area contributed by atoms with E-state index in [0.29, 0.717) is 0 Å². The minimum Gasteiger partial charge on any atom is -0.197 e. The van der Waals surface area contributed by atoms with Crippen molar-refractivity contribution in [2.75, 3.05) is 0 Å². The Morgan fingerprint density at radius 3 is 0.200 bits per heavy atom. The molecule has 0 atom stereocenters. The summed E-state index contributed by atoms with van der Waals surface area (Å²) in [6.07, 6.45) is 0. The highest BCUT2D eigenvalue weighted by Crippen LogP contribution is 0.655. The topological polar surface area (TPSA) is 0 Å². The van der Waals surface area contributed by atoms with E-state index in [0.717, 1.165) is 0 Å². The van der Waals surface area contributed by atoms with Crippen LogP contribution in [0.5, 0.6) is 0 Å². The van der Waals surface area contributed by atoms with Gasteiger partial charge in [0.2, 0.25) is 0 Å². The Hall–Kier alpha value is 2.80. The van der Waals surface area contributed by atoms with Gasteiger partial charge in [-0.2, -0.15) is 108 Å². The van der Waals surface area contributed by atoms with Crippen molar-refractivity contribution in [3.05, 3.63) is 0 Å². The molecule has 0 aromatic carbocycles. The van der Waals surface area contributed by atoms with E-state index < -0.39 is 0 Å². The van der Waals surface area contributed by atoms with Crippen molar-refractivity contribution in [3.8, 4) is 0 Å². The van der Waals surface area contributed by atoms with Gasteiger partial charge in [-0.1, -0.05) is 52.0 Å². The number of rotatable bonds is 0. The van der Waals surface area contributed by atoms with Gasteiger partial charge in [0.05, 0.1) is 0 Å². The molecule has 0 aliphatic heterocycles. The summed E-state index contributed by atoms with van der Waals surface area (Å²) >= 11 is 0. The van der Waals surface area contributed by atoms with Crippen molar-refractivity contribution in [2.45, 2.75) is 52.0 Å². The fourth-order valence-electron chi connectivity index (χ4n) is 0. The average Bonchev–Trinajstić information content (AvgIpc) is 0. The predicted molar refractivity (Wildman–Crippen MR) is 131 cm³/mol. The highest BCUT2D eigenvalue weighted by molar-refractivity contribution is 7.60. The van der Waals surface area contributed by atoms with Crippen LogP contribution in [0.15, 0.2) is 0 Å². The molecule has 0 aromatic heterocycles. The monoisotopic (exact) mass is 385 g/mol. The van der Waals surface area contributed by atoms with Gasteiger partial charge in [-0.15, -0.1) is 0 Å². The first-order chi connectivity index (χ1) is 0. The standard InChI is InChI=1S/7CH4.8H2S/h7*1H4;8*1H2/p+1. The SMILES string of the molecule is C.C.C.C.C.C.C.S.S.S.S.S.S.S.S.[H+]. The van der Waals surface area contributed by atoms with Gasteiger partial charge < -0.3 is 0 Å². The van der Waals surface area contributed by atoms with Crippen LogP contribution in [0.2, 0.25) is 0 Å². The summed E-state index contributed by atoms with van der Waals surface area (Å²) in [5, 5.41) is 0. The quantitative estimate of drug-likeness (QED) is 0.518. The lowest BCUT2D eigenvalue weighted by Gasteiger charge is -0.198. The lowest BCUT2D eigenvalue weighted by atomic mass is 12.0. The maximum atomic E-state index is 0. The molecule has 0 aliphatic carbocycles. The molecule has 8 heteroatoms. The third-order valence-electron chi connectivity index (χ3n) is 0. The Morgan fingerprint density at radius 2 is 0.200 bits per heavy atom. The molecule has 0 fully saturated rings. The molecule has 0 saturated carbocycles. The molecule has 0 rings (SSSR count). The van der Waals surface area contributed by atoms with Crippen molar-refractivity contribution in [1.82, 2.24) is 0 Å². The zero-order valence-corrected chi connectivity index (χ0v) is 12.0. The lowest BCUT2D eigenvalue weighted by Crippen LogP contribution is 0.143. The van der Waals surface area contributed by atoms with Gasteiger partial charge in [0.25, 0.3) is 0 Å². The maximum Gasteiger partial charge on any atom is 1.00 e. The smallest absolute Gasteiger partial charge is 0.197 e. The van der Waals surface area contributed by atoms with Crippen molar-refractivity contribution in [2.24, 2.45) is 0 Å². The van der Waals surface area contributed by atoms with Gasteiger partial charge in [-0.05, 0) is 0 Å². The highest BCUT2D eigenvalue weighted by Gasteiger charge is -0.0711. The van der Waals surface area contributed by atoms with Gasteiger partial charge in [0.1, 0.15) is 0 Å². The molecule has 0 heterocycles. The van der Waals surface area contributed by atoms with Crippen molar-refractivity contribution in [1.29, 1.82) is 0 Å².